The topological polar surface area (TPSA) is 116 Å². The SMILES string of the molecule is C#CC(=O)OC1(O)OC[C@@H](O)[C@H](O)[C@H]1O. The van der Waals surface area contributed by atoms with Crippen molar-refractivity contribution in [3.63, 3.8) is 0 Å². The second-order valence-corrected chi connectivity index (χ2v) is 2.98. The summed E-state index contributed by atoms with van der Waals surface area (Å²) in [6.07, 6.45) is -0.415. The van der Waals surface area contributed by atoms with Gasteiger partial charge in [0.25, 0.3) is 0 Å². The van der Waals surface area contributed by atoms with Gasteiger partial charge in [-0.1, -0.05) is 0 Å². The third-order valence-corrected chi connectivity index (χ3v) is 1.91. The Bertz CT molecular complexity index is 296. The largest absolute Gasteiger partial charge is 0.396 e. The van der Waals surface area contributed by atoms with E-state index in [9.17, 15) is 20.1 Å². The molecule has 4 N–H and O–H groups in total. The van der Waals surface area contributed by atoms with Crippen molar-refractivity contribution in [2.75, 3.05) is 6.61 Å². The summed E-state index contributed by atoms with van der Waals surface area (Å²) in [5.41, 5.74) is 0. The molecule has 15 heavy (non-hydrogen) atoms. The zero-order valence-corrected chi connectivity index (χ0v) is 7.53. The fourth-order valence-electron chi connectivity index (χ4n) is 1.07. The number of rotatable bonds is 1. The first kappa shape index (κ1) is 11.9. The zero-order chi connectivity index (χ0) is 11.6. The molecule has 0 amide bonds. The molecule has 4 atom stereocenters. The third-order valence-electron chi connectivity index (χ3n) is 1.91. The number of aliphatic hydroxyl groups is 4. The standard InChI is InChI=1S/C8H10O7/c1-2-5(10)15-8(13)7(12)6(11)4(9)3-14-8/h1,4,6-7,9,11-13H,3H2/t4-,6+,7-,8?/m1/s1. The van der Waals surface area contributed by atoms with Crippen molar-refractivity contribution < 1.29 is 34.7 Å². The quantitative estimate of drug-likeness (QED) is 0.159. The van der Waals surface area contributed by atoms with Crippen molar-refractivity contribution in [2.24, 2.45) is 0 Å². The van der Waals surface area contributed by atoms with Crippen LogP contribution >= 0.6 is 0 Å². The van der Waals surface area contributed by atoms with Crippen LogP contribution in [0.4, 0.5) is 0 Å². The molecule has 1 aliphatic rings. The molecule has 0 aliphatic carbocycles. The van der Waals surface area contributed by atoms with Gasteiger partial charge in [0.1, 0.15) is 12.2 Å². The van der Waals surface area contributed by atoms with Gasteiger partial charge in [-0.25, -0.2) is 4.79 Å². The number of esters is 1. The molecule has 0 aromatic heterocycles. The normalized spacial score (nSPS) is 40.6. The van der Waals surface area contributed by atoms with E-state index >= 15 is 0 Å². The lowest BCUT2D eigenvalue weighted by atomic mass is 10.0. The molecule has 0 radical (unpaired) electrons. The lowest BCUT2D eigenvalue weighted by molar-refractivity contribution is -0.413. The maximum absolute atomic E-state index is 10.7. The van der Waals surface area contributed by atoms with Crippen molar-refractivity contribution in [2.45, 2.75) is 24.3 Å². The van der Waals surface area contributed by atoms with E-state index in [2.05, 4.69) is 15.9 Å². The Hall–Kier alpha value is -1.17. The Kier molecular flexibility index (Phi) is 3.28. The van der Waals surface area contributed by atoms with Crippen molar-refractivity contribution in [3.8, 4) is 12.3 Å². The van der Waals surface area contributed by atoms with Gasteiger partial charge < -0.3 is 29.9 Å². The molecule has 7 heteroatoms. The first-order chi connectivity index (χ1) is 6.90. The summed E-state index contributed by atoms with van der Waals surface area (Å²) in [6.45, 7) is -0.507. The van der Waals surface area contributed by atoms with Crippen molar-refractivity contribution >= 4 is 5.97 Å². The molecular formula is C8H10O7. The molecule has 1 saturated heterocycles. The van der Waals surface area contributed by atoms with Crippen LogP contribution in [0.15, 0.2) is 0 Å². The predicted octanol–water partition coefficient (Wildman–Crippen LogP) is -3.08. The van der Waals surface area contributed by atoms with E-state index in [4.69, 9.17) is 5.11 Å². The molecule has 84 valence electrons. The average Bonchev–Trinajstić information content (AvgIpc) is 2.21. The van der Waals surface area contributed by atoms with Crippen LogP contribution in [0.2, 0.25) is 0 Å². The number of hydrogen-bond acceptors (Lipinski definition) is 7. The number of carbonyl (C=O) groups excluding carboxylic acids is 1. The highest BCUT2D eigenvalue weighted by Gasteiger charge is 2.51. The molecule has 0 aromatic carbocycles. The lowest BCUT2D eigenvalue weighted by Gasteiger charge is -2.39. The van der Waals surface area contributed by atoms with Crippen LogP contribution in [0.1, 0.15) is 0 Å². The molecule has 1 rings (SSSR count). The summed E-state index contributed by atoms with van der Waals surface area (Å²) in [6, 6.07) is 0. The van der Waals surface area contributed by atoms with E-state index in [0.717, 1.165) is 0 Å². The first-order valence-corrected chi connectivity index (χ1v) is 4.01. The summed E-state index contributed by atoms with van der Waals surface area (Å²) in [7, 11) is 0. The Morgan fingerprint density at radius 1 is 1.53 bits per heavy atom. The molecule has 1 heterocycles. The molecule has 7 nitrogen and oxygen atoms in total. The molecular weight excluding hydrogens is 208 g/mol. The Morgan fingerprint density at radius 3 is 2.67 bits per heavy atom. The fraction of sp³-hybridized carbons (Fsp3) is 0.625. The third kappa shape index (κ3) is 2.26. The maximum Gasteiger partial charge on any atom is 0.388 e. The smallest absolute Gasteiger partial charge is 0.388 e. The minimum absolute atomic E-state index is 0.507. The van der Waals surface area contributed by atoms with E-state index in [1.54, 1.807) is 0 Å². The van der Waals surface area contributed by atoms with E-state index in [1.165, 1.54) is 5.92 Å². The lowest BCUT2D eigenvalue weighted by Crippen LogP contribution is -2.62. The minimum atomic E-state index is -2.73. The van der Waals surface area contributed by atoms with Crippen LogP contribution in [-0.2, 0) is 14.3 Å². The predicted molar refractivity (Wildman–Crippen MR) is 43.8 cm³/mol. The summed E-state index contributed by atoms with van der Waals surface area (Å²) in [5.74, 6) is -2.47. The first-order valence-electron chi connectivity index (χ1n) is 4.01. The van der Waals surface area contributed by atoms with Gasteiger partial charge in [-0.15, -0.1) is 6.42 Å². The van der Waals surface area contributed by atoms with Gasteiger partial charge in [0.15, 0.2) is 6.10 Å². The summed E-state index contributed by atoms with van der Waals surface area (Å²) in [5, 5.41) is 37.0. The van der Waals surface area contributed by atoms with Crippen LogP contribution in [0.25, 0.3) is 0 Å². The zero-order valence-electron chi connectivity index (χ0n) is 7.53. The van der Waals surface area contributed by atoms with Crippen molar-refractivity contribution in [3.05, 3.63) is 0 Å². The van der Waals surface area contributed by atoms with Crippen molar-refractivity contribution in [1.29, 1.82) is 0 Å². The van der Waals surface area contributed by atoms with Crippen LogP contribution in [0.5, 0.6) is 0 Å². The van der Waals surface area contributed by atoms with E-state index in [0.29, 0.717) is 0 Å². The monoisotopic (exact) mass is 218 g/mol. The summed E-state index contributed by atoms with van der Waals surface area (Å²) in [4.78, 5) is 10.7. The Labute approximate surface area is 84.9 Å². The van der Waals surface area contributed by atoms with E-state index in [-0.39, 0.29) is 0 Å². The second-order valence-electron chi connectivity index (χ2n) is 2.98. The van der Waals surface area contributed by atoms with Crippen LogP contribution < -0.4 is 0 Å². The van der Waals surface area contributed by atoms with E-state index < -0.39 is 36.9 Å². The number of terminal acetylenes is 1. The highest BCUT2D eigenvalue weighted by atomic mass is 16.8. The van der Waals surface area contributed by atoms with Crippen LogP contribution in [0.3, 0.4) is 0 Å². The van der Waals surface area contributed by atoms with Gasteiger partial charge in [0.05, 0.1) is 6.61 Å². The number of aliphatic hydroxyl groups excluding tert-OH is 3. The molecule has 1 aliphatic heterocycles. The molecule has 0 spiro atoms. The molecule has 1 unspecified atom stereocenters. The molecule has 0 saturated carbocycles. The second kappa shape index (κ2) is 4.14. The number of hydrogen-bond donors (Lipinski definition) is 4. The number of ether oxygens (including phenoxy) is 2. The molecule has 0 aromatic rings. The van der Waals surface area contributed by atoms with Gasteiger partial charge in [-0.05, 0) is 0 Å². The maximum atomic E-state index is 10.7. The van der Waals surface area contributed by atoms with Gasteiger partial charge in [0, 0.05) is 5.92 Å². The fourth-order valence-corrected chi connectivity index (χ4v) is 1.07. The van der Waals surface area contributed by atoms with Crippen molar-refractivity contribution in [1.82, 2.24) is 0 Å². The van der Waals surface area contributed by atoms with E-state index in [1.807, 2.05) is 0 Å². The highest BCUT2D eigenvalue weighted by Crippen LogP contribution is 2.25. The van der Waals surface area contributed by atoms with Gasteiger partial charge in [0.2, 0.25) is 0 Å². The Balaban J connectivity index is 2.77. The summed E-state index contributed by atoms with van der Waals surface area (Å²) < 4.78 is 8.69. The van der Waals surface area contributed by atoms with Gasteiger partial charge in [-0.3, -0.25) is 0 Å². The van der Waals surface area contributed by atoms with Crippen LogP contribution in [-0.4, -0.2) is 57.3 Å². The van der Waals surface area contributed by atoms with Gasteiger partial charge >= 0.3 is 11.9 Å². The van der Waals surface area contributed by atoms with Gasteiger partial charge in [-0.2, -0.15) is 0 Å². The summed E-state index contributed by atoms with van der Waals surface area (Å²) >= 11 is 0. The molecule has 1 fully saturated rings. The molecule has 0 bridgehead atoms. The highest BCUT2D eigenvalue weighted by molar-refractivity contribution is 5.87. The average molecular weight is 218 g/mol. The Morgan fingerprint density at radius 2 is 2.13 bits per heavy atom. The van der Waals surface area contributed by atoms with Crippen LogP contribution in [0, 0.1) is 12.3 Å². The minimum Gasteiger partial charge on any atom is -0.396 e. The number of carbonyl (C=O) groups is 1.